The summed E-state index contributed by atoms with van der Waals surface area (Å²) >= 11 is 1.02. The maximum Gasteiger partial charge on any atom is 0.411 e. The first-order valence-electron chi connectivity index (χ1n) is 4.64. The van der Waals surface area contributed by atoms with Crippen molar-refractivity contribution in [1.82, 2.24) is 20.2 Å². The van der Waals surface area contributed by atoms with E-state index >= 15 is 0 Å². The Hall–Kier alpha value is -1.36. The van der Waals surface area contributed by atoms with Crippen LogP contribution in [-0.2, 0) is 16.1 Å². The standard InChI is InChI=1S/C7H9F3N4O3S/c8-7(9,10)4-17-1-2-18-6-11-12-13-14(6)3-5(15)16/h1-4H2,(H,15,16). The fraction of sp³-hybridized carbons (Fsp3) is 0.714. The fourth-order valence-corrected chi connectivity index (χ4v) is 1.64. The van der Waals surface area contributed by atoms with Crippen molar-refractivity contribution in [3.63, 3.8) is 0 Å². The molecule has 1 N–H and O–H groups in total. The lowest BCUT2D eigenvalue weighted by atomic mass is 10.7. The molecule has 0 fully saturated rings. The van der Waals surface area contributed by atoms with Crippen LogP contribution in [0.4, 0.5) is 13.2 Å². The topological polar surface area (TPSA) is 90.1 Å². The Morgan fingerprint density at radius 1 is 1.50 bits per heavy atom. The summed E-state index contributed by atoms with van der Waals surface area (Å²) < 4.78 is 40.6. The van der Waals surface area contributed by atoms with Gasteiger partial charge < -0.3 is 9.84 Å². The molecule has 0 aromatic carbocycles. The van der Waals surface area contributed by atoms with E-state index in [1.165, 1.54) is 0 Å². The summed E-state index contributed by atoms with van der Waals surface area (Å²) in [4.78, 5) is 10.4. The van der Waals surface area contributed by atoms with Crippen molar-refractivity contribution in [3.05, 3.63) is 0 Å². The average Bonchev–Trinajstić information content (AvgIpc) is 2.62. The van der Waals surface area contributed by atoms with Crippen molar-refractivity contribution >= 4 is 17.7 Å². The number of nitrogens with zero attached hydrogens (tertiary/aromatic N) is 4. The molecule has 0 atom stereocenters. The lowest BCUT2D eigenvalue weighted by molar-refractivity contribution is -0.172. The molecule has 102 valence electrons. The molecule has 11 heteroatoms. The zero-order valence-electron chi connectivity index (χ0n) is 8.92. The molecule has 1 heterocycles. The molecule has 0 bridgehead atoms. The second-order valence-corrected chi connectivity index (χ2v) is 4.09. The highest BCUT2D eigenvalue weighted by Gasteiger charge is 2.27. The molecule has 0 spiro atoms. The van der Waals surface area contributed by atoms with Gasteiger partial charge in [-0.2, -0.15) is 13.2 Å². The Balaban J connectivity index is 2.27. The number of thioether (sulfide) groups is 1. The van der Waals surface area contributed by atoms with Crippen LogP contribution in [-0.4, -0.2) is 56.4 Å². The van der Waals surface area contributed by atoms with E-state index in [9.17, 15) is 18.0 Å². The SMILES string of the molecule is O=C(O)Cn1nnnc1SCCOCC(F)(F)F. The number of rotatable bonds is 7. The molecular formula is C7H9F3N4O3S. The first-order valence-corrected chi connectivity index (χ1v) is 5.62. The molecular weight excluding hydrogens is 277 g/mol. The minimum absolute atomic E-state index is 0.135. The van der Waals surface area contributed by atoms with E-state index in [0.29, 0.717) is 0 Å². The van der Waals surface area contributed by atoms with Crippen LogP contribution in [0.15, 0.2) is 5.16 Å². The van der Waals surface area contributed by atoms with E-state index in [0.717, 1.165) is 16.4 Å². The highest BCUT2D eigenvalue weighted by molar-refractivity contribution is 7.99. The number of alkyl halides is 3. The van der Waals surface area contributed by atoms with E-state index in [1.54, 1.807) is 0 Å². The van der Waals surface area contributed by atoms with Crippen molar-refractivity contribution in [2.75, 3.05) is 19.0 Å². The van der Waals surface area contributed by atoms with Gasteiger partial charge in [-0.25, -0.2) is 4.68 Å². The highest BCUT2D eigenvalue weighted by atomic mass is 32.2. The van der Waals surface area contributed by atoms with Gasteiger partial charge in [-0.3, -0.25) is 4.79 Å². The second kappa shape index (κ2) is 6.54. The van der Waals surface area contributed by atoms with Gasteiger partial charge in [-0.1, -0.05) is 11.8 Å². The van der Waals surface area contributed by atoms with E-state index in [-0.39, 0.29) is 17.5 Å². The van der Waals surface area contributed by atoms with Gasteiger partial charge in [0.1, 0.15) is 13.2 Å². The van der Waals surface area contributed by atoms with Crippen LogP contribution in [0.25, 0.3) is 0 Å². The number of carboxylic acid groups (broad SMARTS) is 1. The molecule has 0 amide bonds. The quantitative estimate of drug-likeness (QED) is 0.574. The van der Waals surface area contributed by atoms with Crippen LogP contribution in [0.5, 0.6) is 0 Å². The lowest BCUT2D eigenvalue weighted by Crippen LogP contribution is -2.18. The first kappa shape index (κ1) is 14.7. The number of aromatic nitrogens is 4. The smallest absolute Gasteiger partial charge is 0.411 e. The van der Waals surface area contributed by atoms with Crippen LogP contribution in [0, 0.1) is 0 Å². The van der Waals surface area contributed by atoms with Crippen molar-refractivity contribution in [2.24, 2.45) is 0 Å². The molecule has 0 aliphatic heterocycles. The van der Waals surface area contributed by atoms with Gasteiger partial charge in [-0.05, 0) is 10.4 Å². The molecule has 1 rings (SSSR count). The Bertz CT molecular complexity index is 398. The molecule has 0 radical (unpaired) electrons. The summed E-state index contributed by atoms with van der Waals surface area (Å²) in [5, 5.41) is 19.0. The van der Waals surface area contributed by atoms with Gasteiger partial charge in [0, 0.05) is 5.75 Å². The molecule has 1 aromatic heterocycles. The molecule has 18 heavy (non-hydrogen) atoms. The number of carboxylic acids is 1. The number of tetrazole rings is 1. The summed E-state index contributed by atoms with van der Waals surface area (Å²) in [7, 11) is 0. The van der Waals surface area contributed by atoms with Crippen molar-refractivity contribution in [2.45, 2.75) is 17.9 Å². The highest BCUT2D eigenvalue weighted by Crippen LogP contribution is 2.16. The normalized spacial score (nSPS) is 11.7. The van der Waals surface area contributed by atoms with Gasteiger partial charge in [-0.15, -0.1) is 5.10 Å². The third-order valence-electron chi connectivity index (χ3n) is 1.51. The number of aliphatic carboxylic acids is 1. The third kappa shape index (κ3) is 5.82. The predicted octanol–water partition coefficient (Wildman–Crippen LogP) is 0.429. The number of hydrogen-bond acceptors (Lipinski definition) is 6. The van der Waals surface area contributed by atoms with Crippen molar-refractivity contribution in [3.8, 4) is 0 Å². The van der Waals surface area contributed by atoms with Gasteiger partial charge in [0.2, 0.25) is 5.16 Å². The predicted molar refractivity (Wildman–Crippen MR) is 53.1 cm³/mol. The van der Waals surface area contributed by atoms with Gasteiger partial charge in [0.15, 0.2) is 0 Å². The molecule has 0 saturated heterocycles. The molecule has 0 aliphatic carbocycles. The number of ether oxygens (including phenoxy) is 1. The largest absolute Gasteiger partial charge is 0.480 e. The van der Waals surface area contributed by atoms with E-state index in [2.05, 4.69) is 20.3 Å². The van der Waals surface area contributed by atoms with Crippen LogP contribution >= 0.6 is 11.8 Å². The second-order valence-electron chi connectivity index (χ2n) is 3.03. The Labute approximate surface area is 103 Å². The summed E-state index contributed by atoms with van der Waals surface area (Å²) in [5.74, 6) is -0.923. The molecule has 0 aliphatic rings. The van der Waals surface area contributed by atoms with Crippen molar-refractivity contribution in [1.29, 1.82) is 0 Å². The van der Waals surface area contributed by atoms with Gasteiger partial charge in [0.25, 0.3) is 0 Å². The van der Waals surface area contributed by atoms with Gasteiger partial charge >= 0.3 is 12.1 Å². The summed E-state index contributed by atoms with van der Waals surface area (Å²) in [6, 6.07) is 0. The van der Waals surface area contributed by atoms with E-state index < -0.39 is 25.3 Å². The third-order valence-corrected chi connectivity index (χ3v) is 2.43. The number of carbonyl (C=O) groups is 1. The van der Waals surface area contributed by atoms with Crippen LogP contribution < -0.4 is 0 Å². The summed E-state index contributed by atoms with van der Waals surface area (Å²) in [6.07, 6.45) is -4.35. The maximum absolute atomic E-state index is 11.7. The van der Waals surface area contributed by atoms with Gasteiger partial charge in [0.05, 0.1) is 6.61 Å². The van der Waals surface area contributed by atoms with Crippen LogP contribution in [0.2, 0.25) is 0 Å². The number of halogens is 3. The van der Waals surface area contributed by atoms with E-state index in [4.69, 9.17) is 5.11 Å². The molecule has 1 aromatic rings. The average molecular weight is 286 g/mol. The van der Waals surface area contributed by atoms with Crippen LogP contribution in [0.1, 0.15) is 0 Å². The Morgan fingerprint density at radius 3 is 2.83 bits per heavy atom. The summed E-state index contributed by atoms with van der Waals surface area (Å²) in [6.45, 7) is -1.85. The van der Waals surface area contributed by atoms with Crippen molar-refractivity contribution < 1.29 is 27.8 Å². The Kier molecular flexibility index (Phi) is 5.34. The molecule has 7 nitrogen and oxygen atoms in total. The monoisotopic (exact) mass is 286 g/mol. The molecule has 0 saturated carbocycles. The fourth-order valence-electron chi connectivity index (χ4n) is 0.907. The Morgan fingerprint density at radius 2 is 2.22 bits per heavy atom. The maximum atomic E-state index is 11.7. The zero-order valence-corrected chi connectivity index (χ0v) is 9.74. The summed E-state index contributed by atoms with van der Waals surface area (Å²) in [5.41, 5.74) is 0. The minimum atomic E-state index is -4.35. The lowest BCUT2D eigenvalue weighted by Gasteiger charge is -2.06. The number of hydrogen-bond donors (Lipinski definition) is 1. The molecule has 0 unspecified atom stereocenters. The first-order chi connectivity index (χ1) is 8.38. The van der Waals surface area contributed by atoms with E-state index in [1.807, 2.05) is 0 Å². The zero-order chi connectivity index (χ0) is 13.6. The minimum Gasteiger partial charge on any atom is -0.480 e. The van der Waals surface area contributed by atoms with Crippen LogP contribution in [0.3, 0.4) is 0 Å².